The Bertz CT molecular complexity index is 280. The first kappa shape index (κ1) is 10.9. The molecular weight excluding hydrogens is 204 g/mol. The molecule has 1 amide bonds. The minimum atomic E-state index is -1.00. The maximum absolute atomic E-state index is 11.6. The number of aliphatic carboxylic acids is 1. The molecule has 0 radical (unpaired) electrons. The number of rotatable bonds is 4. The largest absolute Gasteiger partial charge is 0.481 e. The SMILES string of the molecule is CCCN1C(=O)C(CC(=O)O)NC1=S. The second kappa shape index (κ2) is 4.36. The number of nitrogens with zero attached hydrogens (tertiary/aromatic N) is 1. The molecule has 1 aliphatic rings. The van der Waals surface area contributed by atoms with Gasteiger partial charge in [0.2, 0.25) is 0 Å². The van der Waals surface area contributed by atoms with Crippen LogP contribution in [0.3, 0.4) is 0 Å². The van der Waals surface area contributed by atoms with Crippen molar-refractivity contribution in [1.82, 2.24) is 10.2 Å². The maximum Gasteiger partial charge on any atom is 0.305 e. The predicted molar refractivity (Wildman–Crippen MR) is 53.8 cm³/mol. The van der Waals surface area contributed by atoms with Crippen molar-refractivity contribution in [3.63, 3.8) is 0 Å². The molecule has 14 heavy (non-hydrogen) atoms. The van der Waals surface area contributed by atoms with E-state index in [9.17, 15) is 9.59 Å². The van der Waals surface area contributed by atoms with Crippen LogP contribution in [0.5, 0.6) is 0 Å². The van der Waals surface area contributed by atoms with Gasteiger partial charge in [-0.05, 0) is 18.6 Å². The van der Waals surface area contributed by atoms with E-state index in [2.05, 4.69) is 5.32 Å². The summed E-state index contributed by atoms with van der Waals surface area (Å²) < 4.78 is 0. The lowest BCUT2D eigenvalue weighted by molar-refractivity contribution is -0.140. The standard InChI is InChI=1S/C8H12N2O3S/c1-2-3-10-7(13)5(4-6(11)12)9-8(10)14/h5H,2-4H2,1H3,(H,9,14)(H,11,12). The van der Waals surface area contributed by atoms with E-state index >= 15 is 0 Å². The summed E-state index contributed by atoms with van der Waals surface area (Å²) in [6.07, 6.45) is 0.576. The zero-order valence-corrected chi connectivity index (χ0v) is 8.63. The zero-order chi connectivity index (χ0) is 10.7. The van der Waals surface area contributed by atoms with Crippen LogP contribution in [-0.4, -0.2) is 39.6 Å². The molecule has 5 nitrogen and oxygen atoms in total. The van der Waals surface area contributed by atoms with Gasteiger partial charge in [0.15, 0.2) is 5.11 Å². The second-order valence-electron chi connectivity index (χ2n) is 3.09. The van der Waals surface area contributed by atoms with Gasteiger partial charge in [-0.1, -0.05) is 6.92 Å². The van der Waals surface area contributed by atoms with Gasteiger partial charge in [-0.3, -0.25) is 14.5 Å². The van der Waals surface area contributed by atoms with Crippen molar-refractivity contribution >= 4 is 29.2 Å². The number of nitrogens with one attached hydrogen (secondary N) is 1. The Balaban J connectivity index is 2.64. The smallest absolute Gasteiger partial charge is 0.305 e. The molecule has 0 aromatic carbocycles. The monoisotopic (exact) mass is 216 g/mol. The topological polar surface area (TPSA) is 69.6 Å². The first-order chi connectivity index (χ1) is 6.56. The summed E-state index contributed by atoms with van der Waals surface area (Å²) in [4.78, 5) is 23.4. The van der Waals surface area contributed by atoms with Crippen LogP contribution in [0, 0.1) is 0 Å². The lowest BCUT2D eigenvalue weighted by atomic mass is 10.2. The lowest BCUT2D eigenvalue weighted by Gasteiger charge is -2.12. The Morgan fingerprint density at radius 3 is 2.86 bits per heavy atom. The highest BCUT2D eigenvalue weighted by molar-refractivity contribution is 7.80. The van der Waals surface area contributed by atoms with Crippen LogP contribution >= 0.6 is 12.2 Å². The molecule has 1 rings (SSSR count). The molecular formula is C8H12N2O3S. The maximum atomic E-state index is 11.6. The third kappa shape index (κ3) is 2.20. The van der Waals surface area contributed by atoms with Crippen molar-refractivity contribution in [3.8, 4) is 0 Å². The fraction of sp³-hybridized carbons (Fsp3) is 0.625. The number of thiocarbonyl (C=S) groups is 1. The number of amides is 1. The van der Waals surface area contributed by atoms with E-state index < -0.39 is 12.0 Å². The molecule has 0 bridgehead atoms. The first-order valence-corrected chi connectivity index (χ1v) is 4.80. The summed E-state index contributed by atoms with van der Waals surface area (Å²) in [7, 11) is 0. The summed E-state index contributed by atoms with van der Waals surface area (Å²) in [5.74, 6) is -1.24. The summed E-state index contributed by atoms with van der Waals surface area (Å²) in [6.45, 7) is 2.47. The molecule has 1 heterocycles. The lowest BCUT2D eigenvalue weighted by Crippen LogP contribution is -2.32. The van der Waals surface area contributed by atoms with E-state index in [0.717, 1.165) is 6.42 Å². The number of carboxylic acid groups (broad SMARTS) is 1. The Kier molecular flexibility index (Phi) is 3.40. The Morgan fingerprint density at radius 1 is 1.71 bits per heavy atom. The van der Waals surface area contributed by atoms with Gasteiger partial charge in [-0.15, -0.1) is 0 Å². The molecule has 6 heteroatoms. The third-order valence-electron chi connectivity index (χ3n) is 1.93. The Labute approximate surface area is 87.1 Å². The van der Waals surface area contributed by atoms with Crippen LogP contribution in [-0.2, 0) is 9.59 Å². The van der Waals surface area contributed by atoms with E-state index in [1.807, 2.05) is 6.92 Å². The van der Waals surface area contributed by atoms with Gasteiger partial charge in [0.25, 0.3) is 5.91 Å². The molecule has 1 fully saturated rings. The Hall–Kier alpha value is -1.17. The van der Waals surface area contributed by atoms with Crippen molar-refractivity contribution in [2.45, 2.75) is 25.8 Å². The molecule has 1 unspecified atom stereocenters. The molecule has 0 aliphatic carbocycles. The van der Waals surface area contributed by atoms with Gasteiger partial charge in [0.1, 0.15) is 6.04 Å². The van der Waals surface area contributed by atoms with Crippen molar-refractivity contribution in [2.24, 2.45) is 0 Å². The minimum absolute atomic E-state index is 0.223. The van der Waals surface area contributed by atoms with Crippen LogP contribution in [0.15, 0.2) is 0 Å². The average molecular weight is 216 g/mol. The van der Waals surface area contributed by atoms with Gasteiger partial charge >= 0.3 is 5.97 Å². The highest BCUT2D eigenvalue weighted by Gasteiger charge is 2.35. The van der Waals surface area contributed by atoms with Crippen molar-refractivity contribution in [3.05, 3.63) is 0 Å². The van der Waals surface area contributed by atoms with Crippen LogP contribution in [0.25, 0.3) is 0 Å². The fourth-order valence-electron chi connectivity index (χ4n) is 1.33. The number of hydrogen-bond donors (Lipinski definition) is 2. The van der Waals surface area contributed by atoms with Crippen molar-refractivity contribution in [1.29, 1.82) is 0 Å². The van der Waals surface area contributed by atoms with Crippen LogP contribution in [0.1, 0.15) is 19.8 Å². The number of hydrogen-bond acceptors (Lipinski definition) is 3. The minimum Gasteiger partial charge on any atom is -0.481 e. The molecule has 78 valence electrons. The van der Waals surface area contributed by atoms with Gasteiger partial charge in [0, 0.05) is 6.54 Å². The summed E-state index contributed by atoms with van der Waals surface area (Å²) in [6, 6.07) is -0.688. The van der Waals surface area contributed by atoms with E-state index in [-0.39, 0.29) is 12.3 Å². The average Bonchev–Trinajstić information content (AvgIpc) is 2.32. The number of carbonyl (C=O) groups is 2. The van der Waals surface area contributed by atoms with Crippen LogP contribution in [0.2, 0.25) is 0 Å². The van der Waals surface area contributed by atoms with Gasteiger partial charge in [-0.2, -0.15) is 0 Å². The molecule has 1 atom stereocenters. The van der Waals surface area contributed by atoms with Gasteiger partial charge in [-0.25, -0.2) is 0 Å². The highest BCUT2D eigenvalue weighted by atomic mass is 32.1. The molecule has 0 spiro atoms. The van der Waals surface area contributed by atoms with E-state index in [4.69, 9.17) is 17.3 Å². The number of carboxylic acids is 1. The van der Waals surface area contributed by atoms with Crippen molar-refractivity contribution in [2.75, 3.05) is 6.54 Å². The number of carbonyl (C=O) groups excluding carboxylic acids is 1. The third-order valence-corrected chi connectivity index (χ3v) is 2.27. The van der Waals surface area contributed by atoms with E-state index in [1.54, 1.807) is 0 Å². The first-order valence-electron chi connectivity index (χ1n) is 4.40. The highest BCUT2D eigenvalue weighted by Crippen LogP contribution is 2.09. The van der Waals surface area contributed by atoms with E-state index in [1.165, 1.54) is 4.90 Å². The normalized spacial score (nSPS) is 21.2. The zero-order valence-electron chi connectivity index (χ0n) is 7.82. The second-order valence-corrected chi connectivity index (χ2v) is 3.48. The predicted octanol–water partition coefficient (Wildman–Crippen LogP) is -0.0436. The quantitative estimate of drug-likeness (QED) is 0.645. The molecule has 0 saturated carbocycles. The fourth-order valence-corrected chi connectivity index (χ4v) is 1.65. The van der Waals surface area contributed by atoms with Crippen LogP contribution < -0.4 is 5.32 Å². The molecule has 1 saturated heterocycles. The molecule has 0 aromatic rings. The van der Waals surface area contributed by atoms with E-state index in [0.29, 0.717) is 11.7 Å². The molecule has 0 aromatic heterocycles. The van der Waals surface area contributed by atoms with Crippen molar-refractivity contribution < 1.29 is 14.7 Å². The van der Waals surface area contributed by atoms with Gasteiger partial charge < -0.3 is 10.4 Å². The van der Waals surface area contributed by atoms with Crippen LogP contribution in [0.4, 0.5) is 0 Å². The Morgan fingerprint density at radius 2 is 2.36 bits per heavy atom. The summed E-state index contributed by atoms with van der Waals surface area (Å²) in [5, 5.41) is 11.6. The summed E-state index contributed by atoms with van der Waals surface area (Å²) >= 11 is 4.91. The van der Waals surface area contributed by atoms with Gasteiger partial charge in [0.05, 0.1) is 6.42 Å². The summed E-state index contributed by atoms with van der Waals surface area (Å²) in [5.41, 5.74) is 0. The molecule has 2 N–H and O–H groups in total. The molecule has 1 aliphatic heterocycles.